The molecule has 1 N–H and O–H groups in total. The molecule has 0 saturated heterocycles. The molecule has 0 saturated carbocycles. The minimum absolute atomic E-state index is 0.106. The third-order valence-corrected chi connectivity index (χ3v) is 5.87. The predicted octanol–water partition coefficient (Wildman–Crippen LogP) is 5.78. The number of nitrogens with zero attached hydrogens (tertiary/aromatic N) is 2. The lowest BCUT2D eigenvalue weighted by molar-refractivity contribution is -0.132. The fourth-order valence-corrected chi connectivity index (χ4v) is 4.10. The van der Waals surface area contributed by atoms with E-state index in [1.165, 1.54) is 0 Å². The number of ether oxygens (including phenoxy) is 1. The van der Waals surface area contributed by atoms with Crippen molar-refractivity contribution < 1.29 is 9.53 Å². The Morgan fingerprint density at radius 2 is 1.87 bits per heavy atom. The van der Waals surface area contributed by atoms with Gasteiger partial charge >= 0.3 is 0 Å². The van der Waals surface area contributed by atoms with E-state index in [-0.39, 0.29) is 5.91 Å². The van der Waals surface area contributed by atoms with Crippen LogP contribution in [0.3, 0.4) is 0 Å². The van der Waals surface area contributed by atoms with E-state index in [1.807, 2.05) is 29.2 Å². The molecule has 1 aliphatic rings. The van der Waals surface area contributed by atoms with E-state index in [0.717, 1.165) is 28.9 Å². The first-order valence-corrected chi connectivity index (χ1v) is 10.8. The SMILES string of the molecule is O=C(CCCOc1ccc(Cl)cc1Cl)N1CCc2[nH]nc(-c3ccc(Cl)cc3)c2C1. The van der Waals surface area contributed by atoms with Crippen LogP contribution in [0, 0.1) is 0 Å². The Kier molecular flexibility index (Phi) is 6.52. The Morgan fingerprint density at radius 1 is 1.10 bits per heavy atom. The summed E-state index contributed by atoms with van der Waals surface area (Å²) < 4.78 is 5.67. The molecule has 156 valence electrons. The van der Waals surface area contributed by atoms with Gasteiger partial charge in [-0.05, 0) is 36.8 Å². The van der Waals surface area contributed by atoms with Crippen molar-refractivity contribution in [1.29, 1.82) is 0 Å². The van der Waals surface area contributed by atoms with E-state index in [2.05, 4.69) is 10.2 Å². The number of carbonyl (C=O) groups excluding carboxylic acids is 1. The van der Waals surface area contributed by atoms with Crippen LogP contribution in [0.25, 0.3) is 11.3 Å². The van der Waals surface area contributed by atoms with Crippen molar-refractivity contribution in [3.8, 4) is 17.0 Å². The summed E-state index contributed by atoms with van der Waals surface area (Å²) in [4.78, 5) is 14.6. The summed E-state index contributed by atoms with van der Waals surface area (Å²) in [7, 11) is 0. The normalized spacial score (nSPS) is 13.2. The topological polar surface area (TPSA) is 58.2 Å². The number of amides is 1. The Labute approximate surface area is 189 Å². The van der Waals surface area contributed by atoms with Crippen molar-refractivity contribution in [3.63, 3.8) is 0 Å². The van der Waals surface area contributed by atoms with Crippen LogP contribution in [0.5, 0.6) is 5.75 Å². The molecule has 0 fully saturated rings. The van der Waals surface area contributed by atoms with E-state index in [9.17, 15) is 4.79 Å². The van der Waals surface area contributed by atoms with Gasteiger partial charge in [0.15, 0.2) is 0 Å². The van der Waals surface area contributed by atoms with Gasteiger partial charge in [0.1, 0.15) is 5.75 Å². The highest BCUT2D eigenvalue weighted by Gasteiger charge is 2.25. The molecule has 0 aliphatic carbocycles. The Hall–Kier alpha value is -2.21. The smallest absolute Gasteiger partial charge is 0.223 e. The highest BCUT2D eigenvalue weighted by Crippen LogP contribution is 2.30. The molecule has 1 amide bonds. The predicted molar refractivity (Wildman–Crippen MR) is 119 cm³/mol. The van der Waals surface area contributed by atoms with Gasteiger partial charge in [-0.3, -0.25) is 9.89 Å². The van der Waals surface area contributed by atoms with Gasteiger partial charge in [0.2, 0.25) is 5.91 Å². The van der Waals surface area contributed by atoms with Crippen LogP contribution < -0.4 is 4.74 Å². The third-order valence-electron chi connectivity index (χ3n) is 5.09. The van der Waals surface area contributed by atoms with Crippen LogP contribution in [0.2, 0.25) is 15.1 Å². The van der Waals surface area contributed by atoms with Gasteiger partial charge in [-0.25, -0.2) is 0 Å². The zero-order valence-corrected chi connectivity index (χ0v) is 18.4. The summed E-state index contributed by atoms with van der Waals surface area (Å²) in [6, 6.07) is 12.7. The molecule has 1 aliphatic heterocycles. The number of H-pyrrole nitrogens is 1. The molecule has 3 aromatic rings. The maximum atomic E-state index is 12.7. The Morgan fingerprint density at radius 3 is 2.63 bits per heavy atom. The second-order valence-corrected chi connectivity index (χ2v) is 8.41. The van der Waals surface area contributed by atoms with Crippen LogP contribution in [-0.2, 0) is 17.8 Å². The third kappa shape index (κ3) is 4.75. The minimum atomic E-state index is 0.106. The molecule has 30 heavy (non-hydrogen) atoms. The van der Waals surface area contributed by atoms with Gasteiger partial charge < -0.3 is 9.64 Å². The number of hydrogen-bond acceptors (Lipinski definition) is 3. The number of aromatic nitrogens is 2. The molecule has 2 heterocycles. The highest BCUT2D eigenvalue weighted by molar-refractivity contribution is 6.35. The monoisotopic (exact) mass is 463 g/mol. The summed E-state index contributed by atoms with van der Waals surface area (Å²) in [6.45, 7) is 1.64. The quantitative estimate of drug-likeness (QED) is 0.470. The molecule has 0 radical (unpaired) electrons. The van der Waals surface area contributed by atoms with E-state index < -0.39 is 0 Å². The second-order valence-electron chi connectivity index (χ2n) is 7.13. The summed E-state index contributed by atoms with van der Waals surface area (Å²) in [5, 5.41) is 9.29. The standard InChI is InChI=1S/C22H20Cl3N3O2/c23-15-5-3-14(4-6-15)22-17-13-28(10-9-19(17)26-27-22)21(29)2-1-11-30-20-8-7-16(24)12-18(20)25/h3-8,12H,1-2,9-11,13H2,(H,26,27). The van der Waals surface area contributed by atoms with Crippen molar-refractivity contribution in [1.82, 2.24) is 15.1 Å². The van der Waals surface area contributed by atoms with Gasteiger partial charge in [0.05, 0.1) is 17.3 Å². The van der Waals surface area contributed by atoms with E-state index >= 15 is 0 Å². The second kappa shape index (κ2) is 9.29. The van der Waals surface area contributed by atoms with Crippen LogP contribution in [0.4, 0.5) is 0 Å². The molecule has 8 heteroatoms. The van der Waals surface area contributed by atoms with Crippen LogP contribution in [0.1, 0.15) is 24.1 Å². The molecule has 0 spiro atoms. The number of rotatable bonds is 6. The van der Waals surface area contributed by atoms with Gasteiger partial charge in [0.25, 0.3) is 0 Å². The first kappa shape index (κ1) is 21.0. The van der Waals surface area contributed by atoms with Crippen molar-refractivity contribution in [3.05, 3.63) is 68.8 Å². The summed E-state index contributed by atoms with van der Waals surface area (Å²) in [5.41, 5.74) is 4.02. The largest absolute Gasteiger partial charge is 0.492 e. The number of hydrogen-bond donors (Lipinski definition) is 1. The van der Waals surface area contributed by atoms with Crippen molar-refractivity contribution >= 4 is 40.7 Å². The molecule has 0 atom stereocenters. The zero-order valence-electron chi connectivity index (χ0n) is 16.1. The first-order chi connectivity index (χ1) is 14.5. The van der Waals surface area contributed by atoms with Crippen molar-refractivity contribution in [2.75, 3.05) is 13.2 Å². The molecule has 1 aromatic heterocycles. The van der Waals surface area contributed by atoms with E-state index in [1.54, 1.807) is 18.2 Å². The van der Waals surface area contributed by atoms with Crippen molar-refractivity contribution in [2.24, 2.45) is 0 Å². The Balaban J connectivity index is 1.33. The fraction of sp³-hybridized carbons (Fsp3) is 0.273. The van der Waals surface area contributed by atoms with E-state index in [0.29, 0.717) is 53.4 Å². The van der Waals surface area contributed by atoms with E-state index in [4.69, 9.17) is 39.5 Å². The average Bonchev–Trinajstić information content (AvgIpc) is 3.16. The summed E-state index contributed by atoms with van der Waals surface area (Å²) in [6.07, 6.45) is 1.78. The Bertz CT molecular complexity index is 1050. The molecule has 5 nitrogen and oxygen atoms in total. The molecule has 4 rings (SSSR count). The highest BCUT2D eigenvalue weighted by atomic mass is 35.5. The maximum absolute atomic E-state index is 12.7. The number of fused-ring (bicyclic) bond motifs is 1. The molecular formula is C22H20Cl3N3O2. The molecule has 0 bridgehead atoms. The number of carbonyl (C=O) groups is 1. The van der Waals surface area contributed by atoms with Gasteiger partial charge in [0, 0.05) is 52.8 Å². The molecule has 2 aromatic carbocycles. The molecular weight excluding hydrogens is 445 g/mol. The summed E-state index contributed by atoms with van der Waals surface area (Å²) >= 11 is 18.0. The maximum Gasteiger partial charge on any atom is 0.223 e. The van der Waals surface area contributed by atoms with Crippen LogP contribution >= 0.6 is 34.8 Å². The average molecular weight is 465 g/mol. The fourth-order valence-electron chi connectivity index (χ4n) is 3.51. The van der Waals surface area contributed by atoms with Gasteiger partial charge in [-0.15, -0.1) is 0 Å². The zero-order chi connectivity index (χ0) is 21.1. The van der Waals surface area contributed by atoms with Crippen LogP contribution in [-0.4, -0.2) is 34.2 Å². The number of nitrogens with one attached hydrogen (secondary N) is 1. The van der Waals surface area contributed by atoms with Crippen molar-refractivity contribution in [2.45, 2.75) is 25.8 Å². The van der Waals surface area contributed by atoms with Gasteiger partial charge in [-0.2, -0.15) is 5.10 Å². The number of halogens is 3. The lowest BCUT2D eigenvalue weighted by Gasteiger charge is -2.27. The minimum Gasteiger partial charge on any atom is -0.492 e. The molecule has 0 unspecified atom stereocenters. The lowest BCUT2D eigenvalue weighted by atomic mass is 10.0. The first-order valence-electron chi connectivity index (χ1n) is 9.69. The van der Waals surface area contributed by atoms with Crippen LogP contribution in [0.15, 0.2) is 42.5 Å². The number of aromatic amines is 1. The van der Waals surface area contributed by atoms with Gasteiger partial charge in [-0.1, -0.05) is 46.9 Å². The lowest BCUT2D eigenvalue weighted by Crippen LogP contribution is -2.36. The summed E-state index contributed by atoms with van der Waals surface area (Å²) in [5.74, 6) is 0.678. The number of benzene rings is 2.